The van der Waals surface area contributed by atoms with Crippen molar-refractivity contribution in [2.45, 2.75) is 11.4 Å². The third kappa shape index (κ3) is 3.16. The molecule has 0 radical (unpaired) electrons. The lowest BCUT2D eigenvalue weighted by molar-refractivity contribution is 0.463. The van der Waals surface area contributed by atoms with Crippen molar-refractivity contribution in [3.05, 3.63) is 77.9 Å². The van der Waals surface area contributed by atoms with Crippen LogP contribution in [0.3, 0.4) is 0 Å². The molecule has 0 fully saturated rings. The molecule has 0 atom stereocenters. The maximum atomic E-state index is 13.3. The van der Waals surface area contributed by atoms with Gasteiger partial charge in [0.2, 0.25) is 10.0 Å². The van der Waals surface area contributed by atoms with Gasteiger partial charge in [0.25, 0.3) is 0 Å². The molecule has 0 aliphatic carbocycles. The number of fused-ring (bicyclic) bond motifs is 1. The number of hydrogen-bond donors (Lipinski definition) is 0. The molecule has 0 saturated carbocycles. The van der Waals surface area contributed by atoms with Crippen LogP contribution in [0.2, 0.25) is 0 Å². The van der Waals surface area contributed by atoms with E-state index < -0.39 is 21.7 Å². The van der Waals surface area contributed by atoms with Crippen LogP contribution in [0.25, 0.3) is 10.8 Å². The quantitative estimate of drug-likeness (QED) is 0.717. The zero-order valence-electron chi connectivity index (χ0n) is 12.9. The molecule has 0 heterocycles. The number of halogens is 2. The van der Waals surface area contributed by atoms with Crippen molar-refractivity contribution in [1.82, 2.24) is 4.31 Å². The second-order valence-corrected chi connectivity index (χ2v) is 7.56. The third-order valence-electron chi connectivity index (χ3n) is 3.82. The molecule has 3 rings (SSSR count). The largest absolute Gasteiger partial charge is 0.243 e. The molecule has 0 bridgehead atoms. The van der Waals surface area contributed by atoms with E-state index in [0.29, 0.717) is 6.07 Å². The fourth-order valence-corrected chi connectivity index (χ4v) is 3.67. The van der Waals surface area contributed by atoms with Gasteiger partial charge < -0.3 is 0 Å². The summed E-state index contributed by atoms with van der Waals surface area (Å²) in [5, 5.41) is 2.07. The third-order valence-corrected chi connectivity index (χ3v) is 5.62. The van der Waals surface area contributed by atoms with E-state index in [2.05, 4.69) is 0 Å². The Bertz CT molecular complexity index is 1000. The van der Waals surface area contributed by atoms with Crippen LogP contribution in [-0.2, 0) is 16.6 Å². The molecule has 3 aromatic carbocycles. The van der Waals surface area contributed by atoms with Crippen molar-refractivity contribution in [2.75, 3.05) is 7.05 Å². The van der Waals surface area contributed by atoms with Crippen LogP contribution in [-0.4, -0.2) is 19.8 Å². The minimum atomic E-state index is -3.90. The van der Waals surface area contributed by atoms with Crippen molar-refractivity contribution in [3.63, 3.8) is 0 Å². The molecule has 0 N–H and O–H groups in total. The van der Waals surface area contributed by atoms with Gasteiger partial charge in [-0.05, 0) is 40.6 Å². The van der Waals surface area contributed by atoms with Gasteiger partial charge in [-0.15, -0.1) is 0 Å². The molecule has 0 aliphatic rings. The second kappa shape index (κ2) is 6.30. The molecule has 0 saturated heterocycles. The highest BCUT2D eigenvalue weighted by molar-refractivity contribution is 7.89. The van der Waals surface area contributed by atoms with Crippen molar-refractivity contribution in [3.8, 4) is 0 Å². The Morgan fingerprint density at radius 3 is 2.29 bits per heavy atom. The lowest BCUT2D eigenvalue weighted by Gasteiger charge is -2.17. The van der Waals surface area contributed by atoms with E-state index in [1.54, 1.807) is 0 Å². The Morgan fingerprint density at radius 1 is 0.875 bits per heavy atom. The summed E-state index contributed by atoms with van der Waals surface area (Å²) in [4.78, 5) is -0.273. The van der Waals surface area contributed by atoms with E-state index in [1.165, 1.54) is 7.05 Å². The molecule has 24 heavy (non-hydrogen) atoms. The summed E-state index contributed by atoms with van der Waals surface area (Å²) in [5.41, 5.74) is 0.808. The average molecular weight is 347 g/mol. The van der Waals surface area contributed by atoms with Crippen molar-refractivity contribution in [2.24, 2.45) is 0 Å². The maximum Gasteiger partial charge on any atom is 0.243 e. The number of nitrogens with zero attached hydrogens (tertiary/aromatic N) is 1. The van der Waals surface area contributed by atoms with Gasteiger partial charge in [-0.1, -0.05) is 36.4 Å². The summed E-state index contributed by atoms with van der Waals surface area (Å²) < 4.78 is 52.4. The highest BCUT2D eigenvalue weighted by Gasteiger charge is 2.22. The molecule has 124 valence electrons. The van der Waals surface area contributed by atoms with Gasteiger partial charge in [0.05, 0.1) is 4.90 Å². The SMILES string of the molecule is CN(Cc1ccc2ccccc2c1)S(=O)(=O)c1ccc(F)c(F)c1. The van der Waals surface area contributed by atoms with Crippen molar-refractivity contribution < 1.29 is 17.2 Å². The Hall–Kier alpha value is -2.31. The lowest BCUT2D eigenvalue weighted by atomic mass is 10.1. The van der Waals surface area contributed by atoms with Crippen LogP contribution in [0, 0.1) is 11.6 Å². The Labute approximate surface area is 139 Å². The maximum absolute atomic E-state index is 13.3. The predicted molar refractivity (Wildman–Crippen MR) is 89.0 cm³/mol. The van der Waals surface area contributed by atoms with Crippen LogP contribution in [0.5, 0.6) is 0 Å². The summed E-state index contributed by atoms with van der Waals surface area (Å²) in [6.07, 6.45) is 0. The molecule has 3 nitrogen and oxygen atoms in total. The molecule has 0 aromatic heterocycles. The summed E-state index contributed by atoms with van der Waals surface area (Å²) in [7, 11) is -2.49. The van der Waals surface area contributed by atoms with Gasteiger partial charge in [-0.2, -0.15) is 4.31 Å². The zero-order chi connectivity index (χ0) is 17.3. The number of sulfonamides is 1. The predicted octanol–water partition coefficient (Wildman–Crippen LogP) is 3.94. The molecule has 3 aromatic rings. The fraction of sp³-hybridized carbons (Fsp3) is 0.111. The summed E-state index contributed by atoms with van der Waals surface area (Å²) in [6.45, 7) is 0.131. The molecular formula is C18H15F2NO2S. The standard InChI is InChI=1S/C18H15F2NO2S/c1-21(24(22,23)16-8-9-17(19)18(20)11-16)12-13-6-7-14-4-2-3-5-15(14)10-13/h2-11H,12H2,1H3. The van der Waals surface area contributed by atoms with Crippen molar-refractivity contribution >= 4 is 20.8 Å². The highest BCUT2D eigenvalue weighted by atomic mass is 32.2. The minimum Gasteiger partial charge on any atom is -0.207 e. The molecule has 0 unspecified atom stereocenters. The normalized spacial score (nSPS) is 12.0. The number of rotatable bonds is 4. The molecule has 0 amide bonds. The first-order valence-electron chi connectivity index (χ1n) is 7.27. The van der Waals surface area contributed by atoms with E-state index in [0.717, 1.165) is 32.8 Å². The Kier molecular flexibility index (Phi) is 4.34. The summed E-state index contributed by atoms with van der Waals surface area (Å²) in [6, 6.07) is 16.0. The van der Waals surface area contributed by atoms with Gasteiger partial charge >= 0.3 is 0 Å². The van der Waals surface area contributed by atoms with Crippen LogP contribution in [0.1, 0.15) is 5.56 Å². The summed E-state index contributed by atoms with van der Waals surface area (Å²) >= 11 is 0. The Balaban J connectivity index is 1.89. The molecule has 0 aliphatic heterocycles. The van der Waals surface area contributed by atoms with Crippen LogP contribution < -0.4 is 0 Å². The smallest absolute Gasteiger partial charge is 0.207 e. The number of benzene rings is 3. The van der Waals surface area contributed by atoms with Gasteiger partial charge in [-0.25, -0.2) is 17.2 Å². The molecular weight excluding hydrogens is 332 g/mol. The van der Waals surface area contributed by atoms with Gasteiger partial charge in [-0.3, -0.25) is 0 Å². The van der Waals surface area contributed by atoms with E-state index >= 15 is 0 Å². The zero-order valence-corrected chi connectivity index (χ0v) is 13.7. The second-order valence-electron chi connectivity index (χ2n) is 5.52. The van der Waals surface area contributed by atoms with E-state index in [4.69, 9.17) is 0 Å². The van der Waals surface area contributed by atoms with E-state index in [9.17, 15) is 17.2 Å². The van der Waals surface area contributed by atoms with Crippen LogP contribution in [0.4, 0.5) is 8.78 Å². The molecule has 6 heteroatoms. The van der Waals surface area contributed by atoms with Gasteiger partial charge in [0.15, 0.2) is 11.6 Å². The number of hydrogen-bond acceptors (Lipinski definition) is 2. The topological polar surface area (TPSA) is 37.4 Å². The lowest BCUT2D eigenvalue weighted by Crippen LogP contribution is -2.26. The van der Waals surface area contributed by atoms with Gasteiger partial charge in [0, 0.05) is 13.6 Å². The van der Waals surface area contributed by atoms with Gasteiger partial charge in [0.1, 0.15) is 0 Å². The first-order chi connectivity index (χ1) is 11.4. The first-order valence-corrected chi connectivity index (χ1v) is 8.71. The minimum absolute atomic E-state index is 0.131. The monoisotopic (exact) mass is 347 g/mol. The Morgan fingerprint density at radius 2 is 1.58 bits per heavy atom. The summed E-state index contributed by atoms with van der Waals surface area (Å²) in [5.74, 6) is -2.26. The van der Waals surface area contributed by atoms with E-state index in [-0.39, 0.29) is 11.4 Å². The van der Waals surface area contributed by atoms with Crippen LogP contribution in [0.15, 0.2) is 65.6 Å². The highest BCUT2D eigenvalue weighted by Crippen LogP contribution is 2.21. The van der Waals surface area contributed by atoms with Crippen molar-refractivity contribution in [1.29, 1.82) is 0 Å². The molecule has 0 spiro atoms. The fourth-order valence-electron chi connectivity index (χ4n) is 2.50. The van der Waals surface area contributed by atoms with E-state index in [1.807, 2.05) is 42.5 Å². The first kappa shape index (κ1) is 16.5. The van der Waals surface area contributed by atoms with Crippen LogP contribution >= 0.6 is 0 Å². The average Bonchev–Trinajstić information content (AvgIpc) is 2.57.